The zero-order chi connectivity index (χ0) is 18.3. The molecule has 1 atom stereocenters. The first-order valence-corrected chi connectivity index (χ1v) is 8.75. The number of nitrogens with zero attached hydrogens (tertiary/aromatic N) is 2. The van der Waals surface area contributed by atoms with E-state index in [1.165, 1.54) is 6.92 Å². The molecule has 0 saturated carbocycles. The summed E-state index contributed by atoms with van der Waals surface area (Å²) in [6.45, 7) is 14.6. The van der Waals surface area contributed by atoms with Crippen LogP contribution in [-0.2, 0) is 0 Å². The summed E-state index contributed by atoms with van der Waals surface area (Å²) in [5.74, 6) is 0.232. The van der Waals surface area contributed by atoms with Crippen LogP contribution in [-0.4, -0.2) is 47.9 Å². The van der Waals surface area contributed by atoms with Crippen molar-refractivity contribution in [2.45, 2.75) is 47.6 Å². The Hall–Kier alpha value is -1.88. The fraction of sp³-hybridized carbons (Fsp3) is 0.579. The number of amides is 1. The Morgan fingerprint density at radius 2 is 1.62 bits per heavy atom. The molecule has 0 aliphatic heterocycles. The van der Waals surface area contributed by atoms with Gasteiger partial charge in [-0.3, -0.25) is 9.69 Å². The van der Waals surface area contributed by atoms with E-state index in [4.69, 9.17) is 4.74 Å². The van der Waals surface area contributed by atoms with Crippen molar-refractivity contribution in [2.75, 3.05) is 26.2 Å². The van der Waals surface area contributed by atoms with Crippen LogP contribution in [0.1, 0.15) is 63.5 Å². The van der Waals surface area contributed by atoms with Gasteiger partial charge in [0.1, 0.15) is 5.75 Å². The summed E-state index contributed by atoms with van der Waals surface area (Å²) >= 11 is 0. The quantitative estimate of drug-likeness (QED) is 0.671. The van der Waals surface area contributed by atoms with E-state index in [-0.39, 0.29) is 11.8 Å². The number of carbonyl (C=O) groups is 2. The molecular weight excluding hydrogens is 304 g/mol. The van der Waals surface area contributed by atoms with Gasteiger partial charge in [0.2, 0.25) is 0 Å². The molecule has 0 aromatic heterocycles. The summed E-state index contributed by atoms with van der Waals surface area (Å²) in [5, 5.41) is 0. The van der Waals surface area contributed by atoms with Gasteiger partial charge in [-0.2, -0.15) is 0 Å². The highest BCUT2D eigenvalue weighted by Crippen LogP contribution is 2.28. The maximum Gasteiger partial charge on any atom is 0.415 e. The standard InChI is InChI=1S/C19H30N2O3/c1-7-20(8-2)14(5)16-11-12-17(15(6)22)18(13-16)24-19(23)21(9-3)10-4/h11-14H,7-10H2,1-6H3/t14-/m0/s1. The van der Waals surface area contributed by atoms with Crippen molar-refractivity contribution < 1.29 is 14.3 Å². The van der Waals surface area contributed by atoms with E-state index < -0.39 is 6.09 Å². The van der Waals surface area contributed by atoms with E-state index in [1.54, 1.807) is 11.0 Å². The fourth-order valence-electron chi connectivity index (χ4n) is 2.80. The average Bonchev–Trinajstić information content (AvgIpc) is 2.56. The van der Waals surface area contributed by atoms with Gasteiger partial charge in [0.25, 0.3) is 0 Å². The summed E-state index contributed by atoms with van der Waals surface area (Å²) in [4.78, 5) is 28.0. The van der Waals surface area contributed by atoms with Crippen LogP contribution in [0.4, 0.5) is 4.79 Å². The Morgan fingerprint density at radius 1 is 1.04 bits per heavy atom. The Morgan fingerprint density at radius 3 is 2.08 bits per heavy atom. The van der Waals surface area contributed by atoms with Gasteiger partial charge in [-0.1, -0.05) is 19.9 Å². The molecule has 0 bridgehead atoms. The van der Waals surface area contributed by atoms with Gasteiger partial charge in [0.15, 0.2) is 5.78 Å². The minimum Gasteiger partial charge on any atom is -0.409 e. The number of hydrogen-bond donors (Lipinski definition) is 0. The van der Waals surface area contributed by atoms with Crippen LogP contribution in [0.3, 0.4) is 0 Å². The van der Waals surface area contributed by atoms with Crippen LogP contribution >= 0.6 is 0 Å². The first kappa shape index (κ1) is 20.2. The predicted octanol–water partition coefficient (Wildman–Crippen LogP) is 4.13. The zero-order valence-corrected chi connectivity index (χ0v) is 15.8. The second-order valence-electron chi connectivity index (χ2n) is 5.75. The zero-order valence-electron chi connectivity index (χ0n) is 15.8. The fourth-order valence-corrected chi connectivity index (χ4v) is 2.80. The Labute approximate surface area is 145 Å². The first-order chi connectivity index (χ1) is 11.4. The summed E-state index contributed by atoms with van der Waals surface area (Å²) in [5.41, 5.74) is 1.47. The summed E-state index contributed by atoms with van der Waals surface area (Å²) in [6, 6.07) is 5.70. The molecule has 0 aliphatic carbocycles. The lowest BCUT2D eigenvalue weighted by atomic mass is 10.0. The summed E-state index contributed by atoms with van der Waals surface area (Å²) in [7, 11) is 0. The van der Waals surface area contributed by atoms with E-state index in [0.29, 0.717) is 24.4 Å². The van der Waals surface area contributed by atoms with Crippen molar-refractivity contribution >= 4 is 11.9 Å². The van der Waals surface area contributed by atoms with Crippen LogP contribution in [0.2, 0.25) is 0 Å². The second-order valence-corrected chi connectivity index (χ2v) is 5.75. The van der Waals surface area contributed by atoms with Gasteiger partial charge < -0.3 is 9.64 Å². The summed E-state index contributed by atoms with van der Waals surface area (Å²) < 4.78 is 5.54. The van der Waals surface area contributed by atoms with Crippen LogP contribution in [0.15, 0.2) is 18.2 Å². The van der Waals surface area contributed by atoms with Gasteiger partial charge in [0.05, 0.1) is 5.56 Å². The highest BCUT2D eigenvalue weighted by molar-refractivity contribution is 5.97. The topological polar surface area (TPSA) is 49.9 Å². The molecule has 1 rings (SSSR count). The lowest BCUT2D eigenvalue weighted by Gasteiger charge is -2.27. The van der Waals surface area contributed by atoms with E-state index in [1.807, 2.05) is 26.0 Å². The molecule has 1 aromatic rings. The number of benzene rings is 1. The lowest BCUT2D eigenvalue weighted by molar-refractivity contribution is 0.101. The molecule has 0 N–H and O–H groups in total. The molecule has 0 unspecified atom stereocenters. The SMILES string of the molecule is CCN(CC)C(=O)Oc1cc([C@H](C)N(CC)CC)ccc1C(C)=O. The summed E-state index contributed by atoms with van der Waals surface area (Å²) in [6.07, 6.45) is -0.421. The molecule has 5 heteroatoms. The molecule has 0 radical (unpaired) electrons. The van der Waals surface area contributed by atoms with Crippen molar-refractivity contribution in [3.8, 4) is 5.75 Å². The molecule has 0 aliphatic rings. The average molecular weight is 334 g/mol. The highest BCUT2D eigenvalue weighted by Gasteiger charge is 2.19. The molecule has 5 nitrogen and oxygen atoms in total. The number of ketones is 1. The monoisotopic (exact) mass is 334 g/mol. The number of Topliss-reactive ketones (excluding diaryl/α,β-unsaturated/α-hetero) is 1. The van der Waals surface area contributed by atoms with Gasteiger partial charge >= 0.3 is 6.09 Å². The van der Waals surface area contributed by atoms with Crippen LogP contribution in [0.25, 0.3) is 0 Å². The number of ether oxygens (including phenoxy) is 1. The third-order valence-corrected chi connectivity index (χ3v) is 4.45. The molecule has 0 heterocycles. The largest absolute Gasteiger partial charge is 0.415 e. The van der Waals surface area contributed by atoms with Crippen molar-refractivity contribution in [3.05, 3.63) is 29.3 Å². The smallest absolute Gasteiger partial charge is 0.409 e. The molecule has 1 aromatic carbocycles. The first-order valence-electron chi connectivity index (χ1n) is 8.75. The van der Waals surface area contributed by atoms with Crippen molar-refractivity contribution in [2.24, 2.45) is 0 Å². The van der Waals surface area contributed by atoms with Crippen LogP contribution in [0, 0.1) is 0 Å². The van der Waals surface area contributed by atoms with Gasteiger partial charge in [0, 0.05) is 19.1 Å². The van der Waals surface area contributed by atoms with E-state index >= 15 is 0 Å². The highest BCUT2D eigenvalue weighted by atomic mass is 16.6. The van der Waals surface area contributed by atoms with Crippen LogP contribution < -0.4 is 4.74 Å². The third kappa shape index (κ3) is 4.81. The minimum absolute atomic E-state index is 0.112. The van der Waals surface area contributed by atoms with Gasteiger partial charge in [-0.05, 0) is 58.5 Å². The second kappa shape index (κ2) is 9.42. The number of hydrogen-bond acceptors (Lipinski definition) is 4. The van der Waals surface area contributed by atoms with Gasteiger partial charge in [-0.25, -0.2) is 4.79 Å². The van der Waals surface area contributed by atoms with Crippen LogP contribution in [0.5, 0.6) is 5.75 Å². The Balaban J connectivity index is 3.18. The van der Waals surface area contributed by atoms with E-state index in [9.17, 15) is 9.59 Å². The minimum atomic E-state index is -0.421. The number of rotatable bonds is 8. The maximum absolute atomic E-state index is 12.3. The lowest BCUT2D eigenvalue weighted by Crippen LogP contribution is -2.33. The van der Waals surface area contributed by atoms with Crippen molar-refractivity contribution in [1.82, 2.24) is 9.80 Å². The molecule has 24 heavy (non-hydrogen) atoms. The molecule has 0 saturated heterocycles. The third-order valence-electron chi connectivity index (χ3n) is 4.45. The Bertz CT molecular complexity index is 564. The van der Waals surface area contributed by atoms with E-state index in [0.717, 1.165) is 18.7 Å². The Kier molecular flexibility index (Phi) is 7.92. The van der Waals surface area contributed by atoms with Crippen molar-refractivity contribution in [3.63, 3.8) is 0 Å². The molecular formula is C19H30N2O3. The normalized spacial score (nSPS) is 12.1. The van der Waals surface area contributed by atoms with Crippen molar-refractivity contribution in [1.29, 1.82) is 0 Å². The molecule has 1 amide bonds. The predicted molar refractivity (Wildman–Crippen MR) is 96.7 cm³/mol. The van der Waals surface area contributed by atoms with Gasteiger partial charge in [-0.15, -0.1) is 0 Å². The maximum atomic E-state index is 12.3. The van der Waals surface area contributed by atoms with E-state index in [2.05, 4.69) is 25.7 Å². The molecule has 0 spiro atoms. The molecule has 0 fully saturated rings. The number of carbonyl (C=O) groups excluding carboxylic acids is 2. The molecule has 134 valence electrons.